The van der Waals surface area contributed by atoms with Crippen molar-refractivity contribution in [2.45, 2.75) is 40.8 Å². The first kappa shape index (κ1) is 44.2. The summed E-state index contributed by atoms with van der Waals surface area (Å²) in [5.74, 6) is 0.565. The fourth-order valence-electron chi connectivity index (χ4n) is 9.98. The van der Waals surface area contributed by atoms with Gasteiger partial charge < -0.3 is 4.57 Å². The first-order valence-corrected chi connectivity index (χ1v) is 23.5. The molecule has 11 aromatic rings. The number of nitrogens with zero attached hydrogens (tertiary/aromatic N) is 3. The highest BCUT2D eigenvalue weighted by molar-refractivity contribution is 6.13. The van der Waals surface area contributed by atoms with Gasteiger partial charge >= 0.3 is 6.18 Å². The zero-order valence-electron chi connectivity index (χ0n) is 39.5. The molecule has 6 heteroatoms. The monoisotopic (exact) mass is 915 g/mol. The van der Waals surface area contributed by atoms with Crippen LogP contribution in [-0.2, 0) is 6.18 Å². The first-order chi connectivity index (χ1) is 33.9. The van der Waals surface area contributed by atoms with Gasteiger partial charge in [0.15, 0.2) is 5.82 Å². The van der Waals surface area contributed by atoms with Gasteiger partial charge in [-0.15, -0.1) is 0 Å². The maximum absolute atomic E-state index is 14.3. The van der Waals surface area contributed by atoms with Gasteiger partial charge in [0.05, 0.1) is 33.7 Å². The van der Waals surface area contributed by atoms with Gasteiger partial charge in [-0.25, -0.2) is 9.97 Å². The molecule has 0 aliphatic heterocycles. The maximum Gasteiger partial charge on any atom is 0.416 e. The number of aryl methyl sites for hydroxylation is 5. The Morgan fingerprint density at radius 1 is 0.357 bits per heavy atom. The minimum atomic E-state index is -4.51. The molecule has 340 valence electrons. The molecular weight excluding hydrogens is 868 g/mol. The summed E-state index contributed by atoms with van der Waals surface area (Å²) in [6, 6.07) is 66.8. The van der Waals surface area contributed by atoms with Gasteiger partial charge in [-0.3, -0.25) is 0 Å². The van der Waals surface area contributed by atoms with Crippen LogP contribution in [0.2, 0.25) is 0 Å². The Labute approximate surface area is 406 Å². The molecule has 70 heavy (non-hydrogen) atoms. The number of benzene rings is 9. The second-order valence-electron chi connectivity index (χ2n) is 18.5. The van der Waals surface area contributed by atoms with Crippen molar-refractivity contribution in [2.75, 3.05) is 0 Å². The summed E-state index contributed by atoms with van der Waals surface area (Å²) in [7, 11) is 0. The molecular formula is C64H48F3N3. The van der Waals surface area contributed by atoms with Gasteiger partial charge in [-0.2, -0.15) is 13.2 Å². The van der Waals surface area contributed by atoms with E-state index in [4.69, 9.17) is 9.97 Å². The number of fused-ring (bicyclic) bond motifs is 3. The fourth-order valence-corrected chi connectivity index (χ4v) is 9.98. The highest BCUT2D eigenvalue weighted by Gasteiger charge is 2.31. The molecule has 0 N–H and O–H groups in total. The molecule has 0 amide bonds. The molecule has 0 spiro atoms. The van der Waals surface area contributed by atoms with Gasteiger partial charge in [0.25, 0.3) is 0 Å². The average molecular weight is 916 g/mol. The number of halogens is 3. The highest BCUT2D eigenvalue weighted by atomic mass is 19.4. The van der Waals surface area contributed by atoms with Crippen molar-refractivity contribution in [3.8, 4) is 84.1 Å². The normalized spacial score (nSPS) is 11.7. The third-order valence-corrected chi connectivity index (χ3v) is 13.5. The standard InChI is InChI=1S/C64H48F3N3/c1-39-16-20-44(21-17-39)54-36-50(59-38-58(46-12-8-6-9-13-46)68-63(69-59)47-14-10-7-11-15-47)37-55(45-22-26-51(27-23-45)64(65,66)67)62(54)70-60-30-24-48(52-28-18-40(2)32-42(52)4)34-56(60)57-35-49(25-31-61(57)70)53-29-19-41(3)33-43(53)5/h6-38H,1-5H3. The molecule has 0 saturated heterocycles. The van der Waals surface area contributed by atoms with Gasteiger partial charge in [0.1, 0.15) is 0 Å². The minimum absolute atomic E-state index is 0.565. The summed E-state index contributed by atoms with van der Waals surface area (Å²) in [5, 5.41) is 2.12. The molecule has 0 aliphatic carbocycles. The van der Waals surface area contributed by atoms with Gasteiger partial charge in [0, 0.05) is 38.6 Å². The molecule has 0 saturated carbocycles. The van der Waals surface area contributed by atoms with E-state index in [1.54, 1.807) is 12.1 Å². The van der Waals surface area contributed by atoms with Crippen LogP contribution in [0.15, 0.2) is 200 Å². The molecule has 0 aliphatic rings. The molecule has 11 rings (SSSR count). The summed E-state index contributed by atoms with van der Waals surface area (Å²) < 4.78 is 45.3. The Balaban J connectivity index is 1.26. The van der Waals surface area contributed by atoms with Gasteiger partial charge in [-0.05, 0) is 134 Å². The summed E-state index contributed by atoms with van der Waals surface area (Å²) >= 11 is 0. The van der Waals surface area contributed by atoms with Crippen LogP contribution < -0.4 is 0 Å². The van der Waals surface area contributed by atoms with E-state index in [-0.39, 0.29) is 0 Å². The molecule has 0 radical (unpaired) electrons. The summed E-state index contributed by atoms with van der Waals surface area (Å²) in [6.45, 7) is 10.6. The van der Waals surface area contributed by atoms with Gasteiger partial charge in [0.2, 0.25) is 0 Å². The van der Waals surface area contributed by atoms with E-state index in [1.807, 2.05) is 66.7 Å². The zero-order chi connectivity index (χ0) is 48.3. The predicted octanol–water partition coefficient (Wildman–Crippen LogP) is 17.8. The number of hydrogen-bond donors (Lipinski definition) is 0. The van der Waals surface area contributed by atoms with Crippen molar-refractivity contribution < 1.29 is 13.2 Å². The molecule has 0 atom stereocenters. The third kappa shape index (κ3) is 8.26. The predicted molar refractivity (Wildman–Crippen MR) is 283 cm³/mol. The zero-order valence-corrected chi connectivity index (χ0v) is 39.5. The van der Waals surface area contributed by atoms with Crippen molar-refractivity contribution in [1.29, 1.82) is 0 Å². The van der Waals surface area contributed by atoms with Crippen molar-refractivity contribution in [1.82, 2.24) is 14.5 Å². The highest BCUT2D eigenvalue weighted by Crippen LogP contribution is 2.46. The first-order valence-electron chi connectivity index (χ1n) is 23.5. The van der Waals surface area contributed by atoms with E-state index in [1.165, 1.54) is 34.4 Å². The van der Waals surface area contributed by atoms with Crippen molar-refractivity contribution in [2.24, 2.45) is 0 Å². The molecule has 0 fully saturated rings. The van der Waals surface area contributed by atoms with Crippen LogP contribution in [-0.4, -0.2) is 14.5 Å². The van der Waals surface area contributed by atoms with E-state index in [0.717, 1.165) is 94.4 Å². The lowest BCUT2D eigenvalue weighted by Gasteiger charge is -2.22. The minimum Gasteiger partial charge on any atom is -0.308 e. The van der Waals surface area contributed by atoms with Gasteiger partial charge in [-0.1, -0.05) is 162 Å². The van der Waals surface area contributed by atoms with Crippen LogP contribution in [0.25, 0.3) is 106 Å². The molecule has 0 bridgehead atoms. The van der Waals surface area contributed by atoms with Crippen molar-refractivity contribution >= 4 is 21.8 Å². The van der Waals surface area contributed by atoms with Crippen molar-refractivity contribution in [3.63, 3.8) is 0 Å². The number of alkyl halides is 3. The topological polar surface area (TPSA) is 30.7 Å². The Morgan fingerprint density at radius 3 is 1.29 bits per heavy atom. The second kappa shape index (κ2) is 17.6. The van der Waals surface area contributed by atoms with Crippen LogP contribution in [0.5, 0.6) is 0 Å². The molecule has 0 unspecified atom stereocenters. The molecule has 9 aromatic carbocycles. The molecule has 2 aromatic heterocycles. The fraction of sp³-hybridized carbons (Fsp3) is 0.0938. The third-order valence-electron chi connectivity index (χ3n) is 13.5. The Morgan fingerprint density at radius 2 is 0.800 bits per heavy atom. The summed E-state index contributed by atoms with van der Waals surface area (Å²) in [6.07, 6.45) is -4.51. The lowest BCUT2D eigenvalue weighted by Crippen LogP contribution is -2.05. The number of aromatic nitrogens is 3. The lowest BCUT2D eigenvalue weighted by molar-refractivity contribution is -0.137. The van der Waals surface area contributed by atoms with Crippen LogP contribution in [0, 0.1) is 34.6 Å². The van der Waals surface area contributed by atoms with Crippen LogP contribution >= 0.6 is 0 Å². The smallest absolute Gasteiger partial charge is 0.308 e. The quantitative estimate of drug-likeness (QED) is 0.152. The van der Waals surface area contributed by atoms with E-state index in [9.17, 15) is 13.2 Å². The van der Waals surface area contributed by atoms with E-state index >= 15 is 0 Å². The van der Waals surface area contributed by atoms with Crippen molar-refractivity contribution in [3.05, 3.63) is 234 Å². The Bertz CT molecular complexity index is 3610. The van der Waals surface area contributed by atoms with Crippen LogP contribution in [0.4, 0.5) is 13.2 Å². The molecule has 2 heterocycles. The SMILES string of the molecule is Cc1ccc(-c2cc(-c3cc(-c4ccccc4)nc(-c4ccccc4)n3)cc(-c3ccc(C(F)(F)F)cc3)c2-n2c3ccc(-c4ccc(C)cc4C)cc3c3cc(-c4ccc(C)cc4C)ccc32)cc1. The average Bonchev–Trinajstić information content (AvgIpc) is 3.69. The van der Waals surface area contributed by atoms with E-state index in [2.05, 4.69) is 148 Å². The van der Waals surface area contributed by atoms with Crippen LogP contribution in [0.1, 0.15) is 33.4 Å². The number of hydrogen-bond acceptors (Lipinski definition) is 2. The second-order valence-corrected chi connectivity index (χ2v) is 18.5. The number of rotatable bonds is 8. The molecule has 3 nitrogen and oxygen atoms in total. The Hall–Kier alpha value is -8.35. The Kier molecular flexibility index (Phi) is 11.1. The van der Waals surface area contributed by atoms with Crippen LogP contribution in [0.3, 0.4) is 0 Å². The summed E-state index contributed by atoms with van der Waals surface area (Å²) in [5.41, 5.74) is 19.7. The summed E-state index contributed by atoms with van der Waals surface area (Å²) in [4.78, 5) is 10.3. The largest absolute Gasteiger partial charge is 0.416 e. The maximum atomic E-state index is 14.3. The van der Waals surface area contributed by atoms with E-state index in [0.29, 0.717) is 17.1 Å². The lowest BCUT2D eigenvalue weighted by atomic mass is 9.91. The van der Waals surface area contributed by atoms with E-state index < -0.39 is 11.7 Å².